The summed E-state index contributed by atoms with van der Waals surface area (Å²) in [5, 5.41) is 3.19. The van der Waals surface area contributed by atoms with E-state index in [1.54, 1.807) is 18.7 Å². The summed E-state index contributed by atoms with van der Waals surface area (Å²) in [4.78, 5) is 39.0. The fourth-order valence-corrected chi connectivity index (χ4v) is 4.84. The number of aryl methyl sites for hydroxylation is 1. The van der Waals surface area contributed by atoms with Crippen LogP contribution in [0.2, 0.25) is 0 Å². The maximum atomic E-state index is 13.2. The lowest BCUT2D eigenvalue weighted by Gasteiger charge is -2.31. The highest BCUT2D eigenvalue weighted by atomic mass is 16.5. The number of rotatable bonds is 9. The minimum Gasteiger partial charge on any atom is -0.465 e. The van der Waals surface area contributed by atoms with Gasteiger partial charge in [0.2, 0.25) is 5.91 Å². The summed E-state index contributed by atoms with van der Waals surface area (Å²) in [6.07, 6.45) is 6.08. The van der Waals surface area contributed by atoms with Gasteiger partial charge in [-0.05, 0) is 57.4 Å². The number of likely N-dealkylation sites (tertiary alicyclic amines) is 1. The lowest BCUT2D eigenvalue weighted by atomic mass is 10.0. The van der Waals surface area contributed by atoms with Gasteiger partial charge < -0.3 is 14.4 Å². The van der Waals surface area contributed by atoms with Gasteiger partial charge in [0.05, 0.1) is 18.7 Å². The third-order valence-electron chi connectivity index (χ3n) is 6.25. The van der Waals surface area contributed by atoms with Crippen LogP contribution >= 0.6 is 0 Å². The lowest BCUT2D eigenvalue weighted by molar-refractivity contribution is -0.147. The third-order valence-corrected chi connectivity index (χ3v) is 6.25. The summed E-state index contributed by atoms with van der Waals surface area (Å²) in [5.41, 5.74) is 1.14. The monoisotopic (exact) mass is 430 g/mol. The van der Waals surface area contributed by atoms with E-state index in [0.717, 1.165) is 37.5 Å². The molecule has 1 aliphatic heterocycles. The quantitative estimate of drug-likeness (QED) is 0.479. The Kier molecular flexibility index (Phi) is 10.2. The van der Waals surface area contributed by atoms with E-state index in [9.17, 15) is 14.4 Å². The van der Waals surface area contributed by atoms with Gasteiger partial charge in [-0.1, -0.05) is 50.6 Å². The molecule has 6 nitrogen and oxygen atoms in total. The average molecular weight is 431 g/mol. The Morgan fingerprint density at radius 2 is 1.94 bits per heavy atom. The van der Waals surface area contributed by atoms with Gasteiger partial charge in [-0.3, -0.25) is 14.9 Å². The molecule has 31 heavy (non-hydrogen) atoms. The fourth-order valence-electron chi connectivity index (χ4n) is 4.84. The normalized spacial score (nSPS) is 23.9. The molecule has 1 amide bonds. The Balaban J connectivity index is 0.00000166. The van der Waals surface area contributed by atoms with Crippen molar-refractivity contribution >= 4 is 18.2 Å². The van der Waals surface area contributed by atoms with E-state index in [-0.39, 0.29) is 24.0 Å². The van der Waals surface area contributed by atoms with Crippen LogP contribution < -0.4 is 5.32 Å². The molecule has 1 saturated heterocycles. The number of benzene rings is 1. The van der Waals surface area contributed by atoms with Crippen molar-refractivity contribution < 1.29 is 19.1 Å². The van der Waals surface area contributed by atoms with Gasteiger partial charge in [-0.15, -0.1) is 0 Å². The summed E-state index contributed by atoms with van der Waals surface area (Å²) < 4.78 is 5.23. The van der Waals surface area contributed by atoms with Gasteiger partial charge in [0, 0.05) is 6.04 Å². The number of fused-ring (bicyclic) bond motifs is 1. The van der Waals surface area contributed by atoms with Crippen LogP contribution in [0.25, 0.3) is 0 Å². The first-order chi connectivity index (χ1) is 15.0. The van der Waals surface area contributed by atoms with Crippen molar-refractivity contribution in [3.63, 3.8) is 0 Å². The molecule has 0 aromatic heterocycles. The first-order valence-electron chi connectivity index (χ1n) is 11.8. The molecule has 0 spiro atoms. The second-order valence-corrected chi connectivity index (χ2v) is 8.16. The molecular weight excluding hydrogens is 392 g/mol. The Morgan fingerprint density at radius 3 is 2.58 bits per heavy atom. The Morgan fingerprint density at radius 1 is 1.23 bits per heavy atom. The number of amides is 1. The highest BCUT2D eigenvalue weighted by Crippen LogP contribution is 2.40. The van der Waals surface area contributed by atoms with Crippen molar-refractivity contribution in [3.8, 4) is 0 Å². The average Bonchev–Trinajstić information content (AvgIpc) is 3.39. The van der Waals surface area contributed by atoms with E-state index < -0.39 is 12.1 Å². The lowest BCUT2D eigenvalue weighted by Crippen LogP contribution is -2.54. The van der Waals surface area contributed by atoms with Crippen LogP contribution in [0.5, 0.6) is 0 Å². The molecule has 6 heteroatoms. The summed E-state index contributed by atoms with van der Waals surface area (Å²) in [6.45, 7) is 7.86. The molecule has 2 aliphatic rings. The van der Waals surface area contributed by atoms with E-state index in [1.165, 1.54) is 0 Å². The van der Waals surface area contributed by atoms with Crippen molar-refractivity contribution in [3.05, 3.63) is 35.9 Å². The molecule has 0 unspecified atom stereocenters. The summed E-state index contributed by atoms with van der Waals surface area (Å²) in [6, 6.07) is 8.65. The van der Waals surface area contributed by atoms with Crippen LogP contribution in [0.1, 0.15) is 65.4 Å². The standard InChI is InChI=1S/C23H32N2O4.C2H6/c1-3-29-23(28)20(13-12-17-8-5-4-6-9-17)24-16(2)22(27)25-19(15-26)14-18-10-7-11-21(18)25;1-2/h4-6,8-9,15-16,18-21,24H,3,7,10-14H2,1-2H3;1-2H3/t16-,18-,19-,20-,21-;/m0./s1. The van der Waals surface area contributed by atoms with Crippen molar-refractivity contribution in [2.45, 2.75) is 90.4 Å². The van der Waals surface area contributed by atoms with Crippen molar-refractivity contribution in [1.29, 1.82) is 0 Å². The van der Waals surface area contributed by atoms with Crippen LogP contribution in [-0.4, -0.2) is 53.8 Å². The van der Waals surface area contributed by atoms with Gasteiger partial charge in [0.25, 0.3) is 0 Å². The first-order valence-corrected chi connectivity index (χ1v) is 11.8. The molecule has 1 N–H and O–H groups in total. The minimum atomic E-state index is -0.564. The number of ether oxygens (including phenoxy) is 1. The molecule has 3 rings (SSSR count). The summed E-state index contributed by atoms with van der Waals surface area (Å²) in [5.74, 6) is 0.000905. The number of hydrogen-bond acceptors (Lipinski definition) is 5. The number of nitrogens with zero attached hydrogens (tertiary/aromatic N) is 1. The van der Waals surface area contributed by atoms with E-state index in [0.29, 0.717) is 25.4 Å². The molecule has 1 saturated carbocycles. The predicted molar refractivity (Wildman–Crippen MR) is 122 cm³/mol. The zero-order valence-corrected chi connectivity index (χ0v) is 19.4. The molecular formula is C25H38N2O4. The highest BCUT2D eigenvalue weighted by Gasteiger charge is 2.46. The SMILES string of the molecule is CC.CCOC(=O)[C@H](CCc1ccccc1)N[C@@H](C)C(=O)N1[C@H](C=O)C[C@@H]2CCC[C@@H]21. The maximum Gasteiger partial charge on any atom is 0.323 e. The molecule has 1 aromatic carbocycles. The second-order valence-electron chi connectivity index (χ2n) is 8.16. The minimum absolute atomic E-state index is 0.0921. The number of hydrogen-bond donors (Lipinski definition) is 1. The molecule has 0 radical (unpaired) electrons. The highest BCUT2D eigenvalue weighted by molar-refractivity contribution is 5.86. The molecule has 2 fully saturated rings. The van der Waals surface area contributed by atoms with Gasteiger partial charge in [-0.2, -0.15) is 0 Å². The molecule has 1 aromatic rings. The first kappa shape index (κ1) is 25.1. The van der Waals surface area contributed by atoms with Crippen LogP contribution in [0.4, 0.5) is 0 Å². The number of aldehydes is 1. The second kappa shape index (κ2) is 12.6. The largest absolute Gasteiger partial charge is 0.465 e. The van der Waals surface area contributed by atoms with Crippen molar-refractivity contribution in [2.24, 2.45) is 5.92 Å². The van der Waals surface area contributed by atoms with E-state index in [4.69, 9.17) is 4.74 Å². The molecule has 172 valence electrons. The summed E-state index contributed by atoms with van der Waals surface area (Å²) >= 11 is 0. The number of carbonyl (C=O) groups is 3. The number of carbonyl (C=O) groups excluding carboxylic acids is 3. The fraction of sp³-hybridized carbons (Fsp3) is 0.640. The van der Waals surface area contributed by atoms with Crippen molar-refractivity contribution in [2.75, 3.05) is 6.61 Å². The molecule has 0 bridgehead atoms. The van der Waals surface area contributed by atoms with E-state index >= 15 is 0 Å². The van der Waals surface area contributed by atoms with Crippen LogP contribution in [0.15, 0.2) is 30.3 Å². The van der Waals surface area contributed by atoms with Gasteiger partial charge in [0.1, 0.15) is 12.3 Å². The number of esters is 1. The summed E-state index contributed by atoms with van der Waals surface area (Å²) in [7, 11) is 0. The maximum absolute atomic E-state index is 13.2. The molecule has 5 atom stereocenters. The van der Waals surface area contributed by atoms with Crippen LogP contribution in [0, 0.1) is 5.92 Å². The zero-order chi connectivity index (χ0) is 22.8. The molecule has 1 heterocycles. The third kappa shape index (κ3) is 6.39. The van der Waals surface area contributed by atoms with Gasteiger partial charge in [-0.25, -0.2) is 0 Å². The van der Waals surface area contributed by atoms with Crippen molar-refractivity contribution in [1.82, 2.24) is 10.2 Å². The van der Waals surface area contributed by atoms with E-state index in [2.05, 4.69) is 5.32 Å². The predicted octanol–water partition coefficient (Wildman–Crippen LogP) is 3.52. The van der Waals surface area contributed by atoms with E-state index in [1.807, 2.05) is 44.2 Å². The topological polar surface area (TPSA) is 75.7 Å². The van der Waals surface area contributed by atoms with Crippen LogP contribution in [0.3, 0.4) is 0 Å². The van der Waals surface area contributed by atoms with Crippen LogP contribution in [-0.2, 0) is 25.5 Å². The number of nitrogens with one attached hydrogen (secondary N) is 1. The Labute approximate surface area is 186 Å². The molecule has 1 aliphatic carbocycles. The van der Waals surface area contributed by atoms with Gasteiger partial charge in [0.15, 0.2) is 0 Å². The Bertz CT molecular complexity index is 709. The smallest absolute Gasteiger partial charge is 0.323 e. The zero-order valence-electron chi connectivity index (χ0n) is 19.4. The van der Waals surface area contributed by atoms with Gasteiger partial charge >= 0.3 is 5.97 Å². The Hall–Kier alpha value is -2.21.